The summed E-state index contributed by atoms with van der Waals surface area (Å²) in [6.07, 6.45) is 8.90. The second kappa shape index (κ2) is 6.91. The number of rotatable bonds is 6. The van der Waals surface area contributed by atoms with E-state index in [4.69, 9.17) is 0 Å². The van der Waals surface area contributed by atoms with Crippen LogP contribution in [-0.2, 0) is 13.5 Å². The number of aromatic nitrogens is 7. The van der Waals surface area contributed by atoms with E-state index >= 15 is 0 Å². The minimum absolute atomic E-state index is 0.249. The van der Waals surface area contributed by atoms with Gasteiger partial charge in [-0.15, -0.1) is 10.2 Å². The molecule has 0 radical (unpaired) electrons. The Morgan fingerprint density at radius 3 is 2.79 bits per heavy atom. The zero-order chi connectivity index (χ0) is 19.8. The van der Waals surface area contributed by atoms with E-state index in [0.717, 1.165) is 47.8 Å². The van der Waals surface area contributed by atoms with Crippen LogP contribution in [0.1, 0.15) is 25.1 Å². The molecule has 1 fully saturated rings. The molecule has 5 rings (SSSR count). The van der Waals surface area contributed by atoms with Crippen LogP contribution in [0.4, 0.5) is 16.2 Å². The predicted molar refractivity (Wildman–Crippen MR) is 106 cm³/mol. The fourth-order valence-corrected chi connectivity index (χ4v) is 3.78. The Morgan fingerprint density at radius 2 is 2.07 bits per heavy atom. The Morgan fingerprint density at radius 1 is 1.17 bits per heavy atom. The smallest absolute Gasteiger partial charge is 0.228 e. The van der Waals surface area contributed by atoms with Gasteiger partial charge in [-0.2, -0.15) is 5.10 Å². The topological polar surface area (TPSA) is 85.8 Å². The maximum absolute atomic E-state index is 13.5. The largest absolute Gasteiger partial charge is 0.309 e. The van der Waals surface area contributed by atoms with Crippen LogP contribution in [0.2, 0.25) is 0 Å². The molecule has 0 spiro atoms. The molecule has 29 heavy (non-hydrogen) atoms. The van der Waals surface area contributed by atoms with E-state index in [0.29, 0.717) is 12.4 Å². The monoisotopic (exact) mass is 392 g/mol. The van der Waals surface area contributed by atoms with E-state index in [1.165, 1.54) is 0 Å². The predicted octanol–water partition coefficient (Wildman–Crippen LogP) is 3.35. The molecule has 9 heteroatoms. The van der Waals surface area contributed by atoms with Crippen LogP contribution in [0.25, 0.3) is 16.9 Å². The van der Waals surface area contributed by atoms with Crippen LogP contribution in [0.5, 0.6) is 0 Å². The van der Waals surface area contributed by atoms with Gasteiger partial charge in [-0.25, -0.2) is 9.97 Å². The maximum atomic E-state index is 13.5. The molecule has 4 aromatic rings. The molecular weight excluding hydrogens is 371 g/mol. The fourth-order valence-electron chi connectivity index (χ4n) is 3.78. The summed E-state index contributed by atoms with van der Waals surface area (Å²) in [4.78, 5) is 8.88. The highest BCUT2D eigenvalue weighted by Crippen LogP contribution is 2.43. The minimum Gasteiger partial charge on any atom is -0.309 e. The van der Waals surface area contributed by atoms with Gasteiger partial charge >= 0.3 is 0 Å². The van der Waals surface area contributed by atoms with Crippen molar-refractivity contribution in [2.75, 3.05) is 12.0 Å². The highest BCUT2D eigenvalue weighted by atomic mass is 19.1. The molecule has 4 heterocycles. The number of alkyl halides is 1. The van der Waals surface area contributed by atoms with Gasteiger partial charge in [-0.1, -0.05) is 6.42 Å². The van der Waals surface area contributed by atoms with Gasteiger partial charge in [0.1, 0.15) is 11.6 Å². The lowest BCUT2D eigenvalue weighted by atomic mass is 9.67. The molecular formula is C20H21FN8. The number of aryl methyl sites for hydroxylation is 1. The molecule has 1 saturated carbocycles. The van der Waals surface area contributed by atoms with Gasteiger partial charge in [0.05, 0.1) is 18.6 Å². The molecule has 1 N–H and O–H groups in total. The average molecular weight is 392 g/mol. The summed E-state index contributed by atoms with van der Waals surface area (Å²) >= 11 is 0. The van der Waals surface area contributed by atoms with Crippen molar-refractivity contribution in [3.8, 4) is 11.3 Å². The van der Waals surface area contributed by atoms with E-state index < -0.39 is 0 Å². The Kier molecular flexibility index (Phi) is 4.22. The standard InChI is InChI=1S/C20H21FN8/c1-28-16(4-9-23-28)25-19-22-8-3-15(24-19)14-5-10-29-17(11-14)26-27-18(29)12-20(13-21)6-2-7-20/h3-5,8-11H,2,6-7,12-13H2,1H3,(H,22,24,25). The third-order valence-electron chi connectivity index (χ3n) is 5.72. The van der Waals surface area contributed by atoms with Crippen molar-refractivity contribution in [1.82, 2.24) is 34.3 Å². The summed E-state index contributed by atoms with van der Waals surface area (Å²) in [5, 5.41) is 15.9. The van der Waals surface area contributed by atoms with E-state index in [9.17, 15) is 4.39 Å². The third kappa shape index (κ3) is 3.22. The second-order valence-electron chi connectivity index (χ2n) is 7.65. The molecule has 0 aliphatic heterocycles. The van der Waals surface area contributed by atoms with Crippen molar-refractivity contribution in [3.05, 3.63) is 48.7 Å². The van der Waals surface area contributed by atoms with Crippen molar-refractivity contribution >= 4 is 17.4 Å². The number of nitrogens with zero attached hydrogens (tertiary/aromatic N) is 7. The third-order valence-corrected chi connectivity index (χ3v) is 5.72. The van der Waals surface area contributed by atoms with Crippen LogP contribution in [0.15, 0.2) is 42.9 Å². The van der Waals surface area contributed by atoms with Gasteiger partial charge in [0.15, 0.2) is 5.65 Å². The molecule has 148 valence electrons. The normalized spacial score (nSPS) is 15.4. The van der Waals surface area contributed by atoms with Crippen molar-refractivity contribution in [1.29, 1.82) is 0 Å². The van der Waals surface area contributed by atoms with E-state index in [1.54, 1.807) is 17.1 Å². The number of halogens is 1. The van der Waals surface area contributed by atoms with E-state index in [2.05, 4.69) is 30.6 Å². The number of hydrogen-bond acceptors (Lipinski definition) is 6. The molecule has 1 aliphatic rings. The van der Waals surface area contributed by atoms with Gasteiger partial charge in [-0.05, 0) is 31.0 Å². The first-order valence-electron chi connectivity index (χ1n) is 9.64. The highest BCUT2D eigenvalue weighted by Gasteiger charge is 2.38. The first-order chi connectivity index (χ1) is 14.2. The fraction of sp³-hybridized carbons (Fsp3) is 0.350. The zero-order valence-corrected chi connectivity index (χ0v) is 16.1. The van der Waals surface area contributed by atoms with Crippen LogP contribution < -0.4 is 5.32 Å². The zero-order valence-electron chi connectivity index (χ0n) is 16.1. The Labute approximate surface area is 166 Å². The van der Waals surface area contributed by atoms with E-state index in [1.807, 2.05) is 41.9 Å². The molecule has 0 bridgehead atoms. The molecule has 1 aliphatic carbocycles. The average Bonchev–Trinajstić information content (AvgIpc) is 3.30. The summed E-state index contributed by atoms with van der Waals surface area (Å²) in [5.41, 5.74) is 2.16. The van der Waals surface area contributed by atoms with Gasteiger partial charge in [0.25, 0.3) is 0 Å². The van der Waals surface area contributed by atoms with Crippen molar-refractivity contribution < 1.29 is 4.39 Å². The minimum atomic E-state index is -0.298. The number of nitrogens with one attached hydrogen (secondary N) is 1. The highest BCUT2D eigenvalue weighted by molar-refractivity contribution is 5.65. The maximum Gasteiger partial charge on any atom is 0.228 e. The van der Waals surface area contributed by atoms with Gasteiger partial charge < -0.3 is 5.32 Å². The first-order valence-corrected chi connectivity index (χ1v) is 9.64. The summed E-state index contributed by atoms with van der Waals surface area (Å²) in [7, 11) is 1.85. The van der Waals surface area contributed by atoms with Crippen LogP contribution >= 0.6 is 0 Å². The van der Waals surface area contributed by atoms with Crippen LogP contribution in [0, 0.1) is 5.41 Å². The Balaban J connectivity index is 1.42. The lowest BCUT2D eigenvalue weighted by Crippen LogP contribution is -2.34. The number of fused-ring (bicyclic) bond motifs is 1. The number of hydrogen-bond donors (Lipinski definition) is 1. The molecule has 0 saturated heterocycles. The SMILES string of the molecule is Cn1nccc1Nc1nccc(-c2ccn3c(CC4(CF)CCC4)nnc3c2)n1. The lowest BCUT2D eigenvalue weighted by molar-refractivity contribution is 0.0886. The molecule has 0 unspecified atom stereocenters. The van der Waals surface area contributed by atoms with Crippen molar-refractivity contribution in [3.63, 3.8) is 0 Å². The molecule has 4 aromatic heterocycles. The van der Waals surface area contributed by atoms with Crippen molar-refractivity contribution in [2.45, 2.75) is 25.7 Å². The van der Waals surface area contributed by atoms with Gasteiger partial charge in [0, 0.05) is 42.9 Å². The Bertz CT molecular complexity index is 1150. The first kappa shape index (κ1) is 17.7. The van der Waals surface area contributed by atoms with Crippen LogP contribution in [-0.4, -0.2) is 41.0 Å². The van der Waals surface area contributed by atoms with Gasteiger partial charge in [-0.3, -0.25) is 13.5 Å². The summed E-state index contributed by atoms with van der Waals surface area (Å²) in [6.45, 7) is -0.298. The molecule has 8 nitrogen and oxygen atoms in total. The molecule has 0 atom stereocenters. The summed E-state index contributed by atoms with van der Waals surface area (Å²) in [6, 6.07) is 7.62. The lowest BCUT2D eigenvalue weighted by Gasteiger charge is -2.38. The molecule has 0 aromatic carbocycles. The second-order valence-corrected chi connectivity index (χ2v) is 7.65. The molecule has 0 amide bonds. The van der Waals surface area contributed by atoms with E-state index in [-0.39, 0.29) is 12.1 Å². The van der Waals surface area contributed by atoms with Crippen molar-refractivity contribution in [2.24, 2.45) is 12.5 Å². The number of pyridine rings is 1. The number of anilines is 2. The Hall–Kier alpha value is -3.36. The van der Waals surface area contributed by atoms with Gasteiger partial charge in [0.2, 0.25) is 5.95 Å². The summed E-state index contributed by atoms with van der Waals surface area (Å²) in [5.74, 6) is 2.10. The van der Waals surface area contributed by atoms with Crippen LogP contribution in [0.3, 0.4) is 0 Å². The quantitative estimate of drug-likeness (QED) is 0.542. The summed E-state index contributed by atoms with van der Waals surface area (Å²) < 4.78 is 17.1.